The van der Waals surface area contributed by atoms with Crippen LogP contribution < -0.4 is 15.3 Å². The minimum absolute atomic E-state index is 0. The van der Waals surface area contributed by atoms with E-state index in [0.717, 1.165) is 17.1 Å². The van der Waals surface area contributed by atoms with Crippen molar-refractivity contribution < 1.29 is 70.4 Å². The van der Waals surface area contributed by atoms with E-state index < -0.39 is 0 Å². The first-order valence-corrected chi connectivity index (χ1v) is 14.3. The monoisotopic (exact) mass is 736 g/mol. The van der Waals surface area contributed by atoms with Crippen molar-refractivity contribution in [3.05, 3.63) is 35.5 Å². The first-order valence-electron chi connectivity index (χ1n) is 14.3. The summed E-state index contributed by atoms with van der Waals surface area (Å²) in [6, 6.07) is 0. The molecule has 0 aromatic rings. The fourth-order valence-electron chi connectivity index (χ4n) is 2.30. The van der Waals surface area contributed by atoms with Crippen LogP contribution in [-0.4, -0.2) is 77.9 Å². The first-order chi connectivity index (χ1) is 19.1. The van der Waals surface area contributed by atoms with E-state index in [-0.39, 0.29) is 74.4 Å². The summed E-state index contributed by atoms with van der Waals surface area (Å²) in [5, 5.41) is 34.6. The van der Waals surface area contributed by atoms with Crippen molar-refractivity contribution in [1.82, 2.24) is 0 Å². The Morgan fingerprint density at radius 1 is 0.488 bits per heavy atom. The number of nitrogens with zero attached hydrogens (tertiary/aromatic N) is 3. The van der Waals surface area contributed by atoms with Crippen LogP contribution in [-0.2, 0) is 14.2 Å². The van der Waals surface area contributed by atoms with Crippen LogP contribution in [0.1, 0.15) is 83.1 Å². The number of allylic oxidation sites excluding steroid dienone is 6. The normalized spacial score (nSPS) is 14.3. The van der Waals surface area contributed by atoms with Crippen LogP contribution in [0.4, 0.5) is 0 Å². The zero-order chi connectivity index (χ0) is 33.6. The number of methoxy groups -OCH3 is 3. The third-order valence-corrected chi connectivity index (χ3v) is 5.21. The van der Waals surface area contributed by atoms with Gasteiger partial charge in [-0.25, -0.2) is 0 Å². The van der Waals surface area contributed by atoms with Crippen molar-refractivity contribution in [3.63, 3.8) is 0 Å². The predicted octanol–water partition coefficient (Wildman–Crippen LogP) is 4.15. The fraction of sp³-hybridized carbons (Fsp3) is 0.727. The van der Waals surface area contributed by atoms with E-state index in [1.165, 1.54) is 0 Å². The van der Waals surface area contributed by atoms with Gasteiger partial charge in [0.05, 0.1) is 39.5 Å². The number of ether oxygens (including phenoxy) is 3. The van der Waals surface area contributed by atoms with E-state index in [1.807, 2.05) is 83.1 Å². The smallest absolute Gasteiger partial charge is 0.875 e. The Labute approximate surface area is 296 Å². The number of aliphatic imine (C=N–C) groups is 3. The average Bonchev–Trinajstić information content (AvgIpc) is 2.83. The third-order valence-electron chi connectivity index (χ3n) is 5.21. The molecule has 0 saturated heterocycles. The van der Waals surface area contributed by atoms with Crippen LogP contribution in [0, 0.1) is 57.1 Å². The number of rotatable bonds is 12. The molecule has 0 aliphatic heterocycles. The Morgan fingerprint density at radius 3 is 0.814 bits per heavy atom. The second-order valence-electron chi connectivity index (χ2n) is 12.8. The second-order valence-corrected chi connectivity index (χ2v) is 12.8. The van der Waals surface area contributed by atoms with Crippen molar-refractivity contribution >= 4 is 17.1 Å². The van der Waals surface area contributed by atoms with Gasteiger partial charge < -0.3 is 29.5 Å². The van der Waals surface area contributed by atoms with Crippen LogP contribution in [0.2, 0.25) is 0 Å². The molecule has 0 heterocycles. The molecule has 247 valence electrons. The Hall–Kier alpha value is -1.14. The van der Waals surface area contributed by atoms with E-state index >= 15 is 0 Å². The van der Waals surface area contributed by atoms with Crippen LogP contribution in [0.5, 0.6) is 0 Å². The van der Waals surface area contributed by atoms with E-state index in [9.17, 15) is 15.3 Å². The summed E-state index contributed by atoms with van der Waals surface area (Å²) in [4.78, 5) is 12.5. The first kappa shape index (κ1) is 48.8. The molecule has 0 aliphatic rings. The SMILES string of the molecule is COCCN=C(C)/C=C(\[O-])C(C)(C)C.COCCN=C(C)/C=C(\[O-])C(C)(C)C.COCCN=C(C)/C=C(\[O-])C(C)(C)C.[Nd+3]. The van der Waals surface area contributed by atoms with E-state index in [2.05, 4.69) is 15.0 Å². The molecule has 43 heavy (non-hydrogen) atoms. The van der Waals surface area contributed by atoms with Crippen LogP contribution >= 0.6 is 0 Å². The minimum Gasteiger partial charge on any atom is -0.875 e. The molecule has 10 heteroatoms. The maximum absolute atomic E-state index is 11.5. The van der Waals surface area contributed by atoms with Gasteiger partial charge in [-0.15, -0.1) is 17.3 Å². The molecule has 0 aromatic carbocycles. The minimum atomic E-state index is -0.321. The standard InChI is InChI=1S/3C11H21NO2.Nd/c3*1-9(12-6-7-14-5)8-10(13)11(2,3)4;/h3*8,13H,6-7H2,1-5H3;/q;;;+3/p-3/b3*10-8-,12-9?;. The molecule has 0 rings (SSSR count). The maximum atomic E-state index is 11.5. The molecular weight excluding hydrogens is 679 g/mol. The molecule has 0 bridgehead atoms. The molecule has 0 unspecified atom stereocenters. The van der Waals surface area contributed by atoms with Gasteiger partial charge in [-0.05, 0) is 37.0 Å². The van der Waals surface area contributed by atoms with Gasteiger partial charge in [0, 0.05) is 38.5 Å². The molecule has 1 radical (unpaired) electrons. The number of hydrogen-bond donors (Lipinski definition) is 0. The van der Waals surface area contributed by atoms with Crippen LogP contribution in [0.25, 0.3) is 0 Å². The molecule has 9 nitrogen and oxygen atoms in total. The summed E-state index contributed by atoms with van der Waals surface area (Å²) in [5.41, 5.74) is 1.33. The molecule has 0 atom stereocenters. The van der Waals surface area contributed by atoms with E-state index in [4.69, 9.17) is 14.2 Å². The fourth-order valence-corrected chi connectivity index (χ4v) is 2.30. The van der Waals surface area contributed by atoms with Crippen molar-refractivity contribution in [2.75, 3.05) is 60.8 Å². The molecule has 0 spiro atoms. The summed E-state index contributed by atoms with van der Waals surface area (Å²) in [6.45, 7) is 26.2. The largest absolute Gasteiger partial charge is 3.00 e. The van der Waals surface area contributed by atoms with Gasteiger partial charge in [0.1, 0.15) is 0 Å². The maximum Gasteiger partial charge on any atom is 3.00 e. The van der Waals surface area contributed by atoms with Crippen molar-refractivity contribution in [3.8, 4) is 0 Å². The van der Waals surface area contributed by atoms with Gasteiger partial charge in [0.25, 0.3) is 0 Å². The van der Waals surface area contributed by atoms with Crippen molar-refractivity contribution in [2.24, 2.45) is 31.2 Å². The predicted molar refractivity (Wildman–Crippen MR) is 172 cm³/mol. The third kappa shape index (κ3) is 32.1. The second kappa shape index (κ2) is 26.1. The van der Waals surface area contributed by atoms with Gasteiger partial charge >= 0.3 is 40.8 Å². The Bertz CT molecular complexity index is 798. The van der Waals surface area contributed by atoms with Crippen molar-refractivity contribution in [2.45, 2.75) is 83.1 Å². The van der Waals surface area contributed by atoms with Gasteiger partial charge in [-0.3, -0.25) is 15.0 Å². The summed E-state index contributed by atoms with van der Waals surface area (Å²) in [5.74, 6) is 0.323. The summed E-state index contributed by atoms with van der Waals surface area (Å²) in [7, 11) is 4.90. The summed E-state index contributed by atoms with van der Waals surface area (Å²) >= 11 is 0. The molecule has 0 saturated carbocycles. The number of hydrogen-bond acceptors (Lipinski definition) is 9. The van der Waals surface area contributed by atoms with Gasteiger partial charge in [-0.1, -0.05) is 80.5 Å². The van der Waals surface area contributed by atoms with Crippen molar-refractivity contribution in [1.29, 1.82) is 0 Å². The van der Waals surface area contributed by atoms with Crippen LogP contribution in [0.3, 0.4) is 0 Å². The zero-order valence-corrected chi connectivity index (χ0v) is 33.0. The molecule has 0 fully saturated rings. The average molecular weight is 739 g/mol. The van der Waals surface area contributed by atoms with Crippen LogP contribution in [0.15, 0.2) is 50.5 Å². The summed E-state index contributed by atoms with van der Waals surface area (Å²) < 4.78 is 14.6. The van der Waals surface area contributed by atoms with Gasteiger partial charge in [0.2, 0.25) is 0 Å². The molecule has 0 N–H and O–H groups in total. The Balaban J connectivity index is -0.000000262. The Morgan fingerprint density at radius 2 is 0.674 bits per heavy atom. The van der Waals surface area contributed by atoms with E-state index in [1.54, 1.807) is 39.6 Å². The molecule has 0 amide bonds. The van der Waals surface area contributed by atoms with Gasteiger partial charge in [-0.2, -0.15) is 0 Å². The molecule has 0 aliphatic carbocycles. The van der Waals surface area contributed by atoms with Gasteiger partial charge in [0.15, 0.2) is 0 Å². The van der Waals surface area contributed by atoms with E-state index in [0.29, 0.717) is 39.5 Å². The zero-order valence-electron chi connectivity index (χ0n) is 29.8. The molecular formula is C33H60N3NdO6. The Kier molecular flexibility index (Phi) is 29.6. The summed E-state index contributed by atoms with van der Waals surface area (Å²) in [6.07, 6.45) is 4.78. The quantitative estimate of drug-likeness (QED) is 0.168. The molecule has 0 aromatic heterocycles. The topological polar surface area (TPSA) is 134 Å².